The maximum Gasteiger partial charge on any atom is 0.258 e. The minimum absolute atomic E-state index is 0.0195. The van der Waals surface area contributed by atoms with E-state index in [9.17, 15) is 14.9 Å². The summed E-state index contributed by atoms with van der Waals surface area (Å²) in [5, 5.41) is 11.7. The summed E-state index contributed by atoms with van der Waals surface area (Å²) < 4.78 is 5.45. The number of amides is 2. The number of benzene rings is 3. The molecule has 0 aliphatic heterocycles. The van der Waals surface area contributed by atoms with Crippen LogP contribution in [0.15, 0.2) is 48.5 Å². The third kappa shape index (κ3) is 4.80. The summed E-state index contributed by atoms with van der Waals surface area (Å²) in [6.07, 6.45) is 0.0195. The lowest BCUT2D eigenvalue weighted by atomic mass is 9.94. The van der Waals surface area contributed by atoms with Gasteiger partial charge in [0.1, 0.15) is 11.8 Å². The third-order valence-corrected chi connectivity index (χ3v) is 5.98. The number of fused-ring (bicyclic) bond motifs is 1. The second-order valence-electron chi connectivity index (χ2n) is 7.39. The van der Waals surface area contributed by atoms with Crippen molar-refractivity contribution >= 4 is 45.8 Å². The molecule has 3 aromatic carbocycles. The van der Waals surface area contributed by atoms with E-state index in [1.54, 1.807) is 37.4 Å². The van der Waals surface area contributed by atoms with Crippen LogP contribution in [0.25, 0.3) is 10.8 Å². The Bertz CT molecular complexity index is 1240. The summed E-state index contributed by atoms with van der Waals surface area (Å²) in [6.45, 7) is 0.188. The maximum absolute atomic E-state index is 13.6. The quantitative estimate of drug-likeness (QED) is 0.539. The largest absolute Gasteiger partial charge is 0.495 e. The smallest absolute Gasteiger partial charge is 0.258 e. The van der Waals surface area contributed by atoms with Crippen LogP contribution in [-0.4, -0.2) is 37.4 Å². The van der Waals surface area contributed by atoms with Crippen LogP contribution in [0.3, 0.4) is 0 Å². The van der Waals surface area contributed by atoms with E-state index in [4.69, 9.17) is 33.7 Å². The van der Waals surface area contributed by atoms with Gasteiger partial charge in [0, 0.05) is 25.9 Å². The number of nitrogens with zero attached hydrogens (tertiary/aromatic N) is 2. The van der Waals surface area contributed by atoms with Gasteiger partial charge in [0.2, 0.25) is 5.91 Å². The Balaban J connectivity index is 2.03. The molecule has 0 spiro atoms. The average Bonchev–Trinajstić information content (AvgIpc) is 2.78. The van der Waals surface area contributed by atoms with Gasteiger partial charge < -0.3 is 15.4 Å². The Hall–Kier alpha value is -3.27. The number of ether oxygens (including phenoxy) is 1. The molecule has 3 aromatic rings. The molecule has 2 N–H and O–H groups in total. The van der Waals surface area contributed by atoms with Gasteiger partial charge in [0.25, 0.3) is 5.91 Å². The fraction of sp³-hybridized carbons (Fsp3) is 0.208. The Labute approximate surface area is 196 Å². The fourth-order valence-corrected chi connectivity index (χ4v) is 4.04. The van der Waals surface area contributed by atoms with E-state index in [0.29, 0.717) is 15.4 Å². The topological polar surface area (TPSA) is 96.4 Å². The van der Waals surface area contributed by atoms with E-state index in [2.05, 4.69) is 6.07 Å². The molecule has 6 nitrogen and oxygen atoms in total. The molecule has 1 atom stereocenters. The monoisotopic (exact) mass is 469 g/mol. The highest BCUT2D eigenvalue weighted by Crippen LogP contribution is 2.34. The standard InChI is InChI=1S/C24H21Cl2N3O3/c1-29(13-17(11-21(28)30)14-7-8-19(25)20(26)10-14)24(31)22-18-6-4-3-5-15(18)9-16(12-27)23(22)32-2/h3-10,17H,11,13H2,1-2H3,(H2,28,30). The minimum atomic E-state index is -0.503. The lowest BCUT2D eigenvalue weighted by Gasteiger charge is -2.25. The van der Waals surface area contributed by atoms with Crippen molar-refractivity contribution < 1.29 is 14.3 Å². The van der Waals surface area contributed by atoms with Crippen LogP contribution in [0.5, 0.6) is 5.75 Å². The number of rotatable bonds is 7. The number of primary amides is 1. The first kappa shape index (κ1) is 23.4. The zero-order valence-corrected chi connectivity index (χ0v) is 19.1. The van der Waals surface area contributed by atoms with Crippen LogP contribution >= 0.6 is 23.2 Å². The van der Waals surface area contributed by atoms with Gasteiger partial charge in [-0.2, -0.15) is 5.26 Å². The summed E-state index contributed by atoms with van der Waals surface area (Å²) in [5.41, 5.74) is 6.75. The lowest BCUT2D eigenvalue weighted by Crippen LogP contribution is -2.33. The molecule has 0 aliphatic rings. The van der Waals surface area contributed by atoms with E-state index in [-0.39, 0.29) is 35.7 Å². The van der Waals surface area contributed by atoms with Gasteiger partial charge in [0.15, 0.2) is 0 Å². The molecule has 0 fully saturated rings. The number of halogens is 2. The number of methoxy groups -OCH3 is 1. The molecule has 164 valence electrons. The lowest BCUT2D eigenvalue weighted by molar-refractivity contribution is -0.118. The molecule has 0 heterocycles. The van der Waals surface area contributed by atoms with E-state index < -0.39 is 11.8 Å². The second kappa shape index (κ2) is 9.90. The van der Waals surface area contributed by atoms with Gasteiger partial charge in [-0.05, 0) is 34.5 Å². The minimum Gasteiger partial charge on any atom is -0.495 e. The van der Waals surface area contributed by atoms with Gasteiger partial charge in [-0.3, -0.25) is 9.59 Å². The molecule has 0 radical (unpaired) electrons. The Kier molecular flexibility index (Phi) is 7.24. The van der Waals surface area contributed by atoms with E-state index >= 15 is 0 Å². The van der Waals surface area contributed by atoms with E-state index in [1.165, 1.54) is 12.0 Å². The third-order valence-electron chi connectivity index (χ3n) is 5.24. The molecule has 3 rings (SSSR count). The zero-order valence-electron chi connectivity index (χ0n) is 17.6. The van der Waals surface area contributed by atoms with Gasteiger partial charge in [-0.1, -0.05) is 53.5 Å². The van der Waals surface area contributed by atoms with Gasteiger partial charge in [-0.15, -0.1) is 0 Å². The molecule has 0 saturated heterocycles. The van der Waals surface area contributed by atoms with Crippen molar-refractivity contribution in [1.82, 2.24) is 4.90 Å². The summed E-state index contributed by atoms with van der Waals surface area (Å²) >= 11 is 12.2. The Morgan fingerprint density at radius 3 is 2.50 bits per heavy atom. The molecule has 0 saturated carbocycles. The van der Waals surface area contributed by atoms with Crippen LogP contribution < -0.4 is 10.5 Å². The molecule has 2 amide bonds. The van der Waals surface area contributed by atoms with Crippen LogP contribution in [0, 0.1) is 11.3 Å². The zero-order chi connectivity index (χ0) is 23.4. The van der Waals surface area contributed by atoms with Crippen molar-refractivity contribution in [1.29, 1.82) is 5.26 Å². The van der Waals surface area contributed by atoms with Gasteiger partial charge in [-0.25, -0.2) is 0 Å². The molecule has 32 heavy (non-hydrogen) atoms. The van der Waals surface area contributed by atoms with E-state index in [0.717, 1.165) is 10.9 Å². The molecule has 0 bridgehead atoms. The number of carbonyl (C=O) groups is 2. The molecule has 0 aromatic heterocycles. The average molecular weight is 470 g/mol. The first-order chi connectivity index (χ1) is 15.3. The molecular formula is C24H21Cl2N3O3. The van der Waals surface area contributed by atoms with Crippen LogP contribution in [-0.2, 0) is 4.79 Å². The van der Waals surface area contributed by atoms with E-state index in [1.807, 2.05) is 18.2 Å². The highest BCUT2D eigenvalue weighted by molar-refractivity contribution is 6.42. The van der Waals surface area contributed by atoms with Crippen molar-refractivity contribution in [3.8, 4) is 11.8 Å². The molecule has 0 aliphatic carbocycles. The Morgan fingerprint density at radius 2 is 1.88 bits per heavy atom. The summed E-state index contributed by atoms with van der Waals surface area (Å²) in [4.78, 5) is 26.8. The normalized spacial score (nSPS) is 11.6. The number of nitriles is 1. The van der Waals surface area contributed by atoms with Crippen molar-refractivity contribution in [3.05, 3.63) is 75.3 Å². The van der Waals surface area contributed by atoms with Crippen LogP contribution in [0.4, 0.5) is 0 Å². The summed E-state index contributed by atoms with van der Waals surface area (Å²) in [5.74, 6) is -1.03. The first-order valence-electron chi connectivity index (χ1n) is 9.75. The highest BCUT2D eigenvalue weighted by Gasteiger charge is 2.26. The molecule has 8 heteroatoms. The van der Waals surface area contributed by atoms with Crippen molar-refractivity contribution in [3.63, 3.8) is 0 Å². The first-order valence-corrected chi connectivity index (χ1v) is 10.5. The maximum atomic E-state index is 13.6. The highest BCUT2D eigenvalue weighted by atomic mass is 35.5. The summed E-state index contributed by atoms with van der Waals surface area (Å²) in [7, 11) is 3.05. The fourth-order valence-electron chi connectivity index (χ4n) is 3.74. The number of hydrogen-bond donors (Lipinski definition) is 1. The predicted octanol–water partition coefficient (Wildman–Crippen LogP) is 4.76. The number of hydrogen-bond acceptors (Lipinski definition) is 4. The molecule has 1 unspecified atom stereocenters. The van der Waals surface area contributed by atoms with Crippen molar-refractivity contribution in [2.75, 3.05) is 20.7 Å². The SMILES string of the molecule is COc1c(C#N)cc2ccccc2c1C(=O)N(C)CC(CC(N)=O)c1ccc(Cl)c(Cl)c1. The molecular weight excluding hydrogens is 449 g/mol. The number of nitrogens with two attached hydrogens (primary N) is 1. The summed E-state index contributed by atoms with van der Waals surface area (Å²) in [6, 6.07) is 16.1. The number of likely N-dealkylation sites (N-methyl/N-ethyl adjacent to an activating group) is 1. The number of carbonyl (C=O) groups excluding carboxylic acids is 2. The van der Waals surface area contributed by atoms with Gasteiger partial charge >= 0.3 is 0 Å². The van der Waals surface area contributed by atoms with Crippen molar-refractivity contribution in [2.24, 2.45) is 5.73 Å². The predicted molar refractivity (Wildman–Crippen MR) is 125 cm³/mol. The van der Waals surface area contributed by atoms with Crippen LogP contribution in [0.1, 0.15) is 33.8 Å². The second-order valence-corrected chi connectivity index (χ2v) is 8.21. The van der Waals surface area contributed by atoms with Gasteiger partial charge in [0.05, 0.1) is 28.3 Å². The van der Waals surface area contributed by atoms with Crippen molar-refractivity contribution in [2.45, 2.75) is 12.3 Å². The Morgan fingerprint density at radius 1 is 1.16 bits per heavy atom. The van der Waals surface area contributed by atoms with Crippen LogP contribution in [0.2, 0.25) is 10.0 Å².